The first-order valence-corrected chi connectivity index (χ1v) is 14.3. The summed E-state index contributed by atoms with van der Waals surface area (Å²) in [5, 5.41) is 8.33. The van der Waals surface area contributed by atoms with E-state index in [-0.39, 0.29) is 44.7 Å². The van der Waals surface area contributed by atoms with E-state index >= 15 is 0 Å². The Hall–Kier alpha value is -5.65. The smallest absolute Gasteiger partial charge is 0.690 e. The summed E-state index contributed by atoms with van der Waals surface area (Å²) in [6.07, 6.45) is 11.6. The molecular formula is C40H37LiO7. The number of hydrogen-bond acceptors (Lipinski definition) is 7. The molecule has 0 aliphatic heterocycles. The van der Waals surface area contributed by atoms with Crippen molar-refractivity contribution in [2.24, 2.45) is 0 Å². The number of carbonyl (C=O) groups is 1. The molecule has 0 radical (unpaired) electrons. The zero-order valence-corrected chi connectivity index (χ0v) is 27.3. The summed E-state index contributed by atoms with van der Waals surface area (Å²) in [4.78, 5) is 10.4. The van der Waals surface area contributed by atoms with Crippen molar-refractivity contribution >= 4 is 5.97 Å². The van der Waals surface area contributed by atoms with E-state index in [1.165, 1.54) is 6.92 Å². The van der Waals surface area contributed by atoms with Gasteiger partial charge in [0, 0.05) is 6.92 Å². The van der Waals surface area contributed by atoms with Gasteiger partial charge in [0.05, 0.1) is 0 Å². The standard InChI is InChI=1S/C12H12O3.C10H10O2.C9H8O.C9H7O.Li/c1-11(13)14-9-5-6-10-15-12-7-3-2-4-8-12;11-8-4-5-9-12-10-6-2-1-3-7-10;2*1-2-8-10-9-6-4-3-5-7-9;/h2-4,7-8H,9-10H2,1H3;1-3,6-7,11H,8-9H2;1,3-7H,8H2;3-7H,8H2;/q;;;-1;+1. The summed E-state index contributed by atoms with van der Waals surface area (Å²) >= 11 is 0. The zero-order valence-electron chi connectivity index (χ0n) is 27.3. The molecule has 0 heterocycles. The molecule has 0 unspecified atom stereocenters. The minimum Gasteiger partial charge on any atom is -0.690 e. The summed E-state index contributed by atoms with van der Waals surface area (Å²) in [6, 6.07) is 37.7. The monoisotopic (exact) mass is 636 g/mol. The molecular weight excluding hydrogens is 599 g/mol. The van der Waals surface area contributed by atoms with Crippen molar-refractivity contribution in [2.45, 2.75) is 6.92 Å². The van der Waals surface area contributed by atoms with Crippen LogP contribution in [0.2, 0.25) is 0 Å². The van der Waals surface area contributed by atoms with Crippen LogP contribution in [-0.2, 0) is 9.53 Å². The molecule has 0 saturated carbocycles. The average molecular weight is 637 g/mol. The Labute approximate surface area is 296 Å². The van der Waals surface area contributed by atoms with Gasteiger partial charge in [0.1, 0.15) is 56.0 Å². The van der Waals surface area contributed by atoms with Crippen molar-refractivity contribution in [3.05, 3.63) is 128 Å². The van der Waals surface area contributed by atoms with Crippen LogP contribution in [0.15, 0.2) is 121 Å². The maximum Gasteiger partial charge on any atom is 1.00 e. The molecule has 7 nitrogen and oxygen atoms in total. The molecule has 0 saturated heterocycles. The van der Waals surface area contributed by atoms with Gasteiger partial charge in [-0.3, -0.25) is 4.79 Å². The van der Waals surface area contributed by atoms with Gasteiger partial charge in [-0.1, -0.05) is 102 Å². The molecule has 0 atom stereocenters. The largest absolute Gasteiger partial charge is 1.00 e. The fourth-order valence-electron chi connectivity index (χ4n) is 2.90. The predicted molar refractivity (Wildman–Crippen MR) is 183 cm³/mol. The second-order valence-electron chi connectivity index (χ2n) is 8.43. The Kier molecular flexibility index (Phi) is 27.6. The van der Waals surface area contributed by atoms with E-state index in [9.17, 15) is 4.79 Å². The Morgan fingerprint density at radius 2 is 0.917 bits per heavy atom. The van der Waals surface area contributed by atoms with Crippen LogP contribution < -0.4 is 37.8 Å². The molecule has 0 amide bonds. The van der Waals surface area contributed by atoms with E-state index in [1.807, 2.05) is 121 Å². The van der Waals surface area contributed by atoms with Crippen molar-refractivity contribution in [3.63, 3.8) is 0 Å². The summed E-state index contributed by atoms with van der Waals surface area (Å²) in [7, 11) is 0. The molecule has 4 aromatic carbocycles. The number of aliphatic hydroxyl groups excluding tert-OH is 1. The third kappa shape index (κ3) is 25.7. The first-order valence-electron chi connectivity index (χ1n) is 14.3. The van der Waals surface area contributed by atoms with Crippen molar-refractivity contribution in [1.82, 2.24) is 0 Å². The fourth-order valence-corrected chi connectivity index (χ4v) is 2.90. The number of rotatable bonds is 9. The van der Waals surface area contributed by atoms with E-state index in [4.69, 9.17) is 36.9 Å². The molecule has 0 bridgehead atoms. The van der Waals surface area contributed by atoms with Crippen molar-refractivity contribution in [2.75, 3.05) is 39.6 Å². The molecule has 4 aromatic rings. The third-order valence-electron chi connectivity index (χ3n) is 4.90. The minimum atomic E-state index is -0.326. The van der Waals surface area contributed by atoms with Crippen LogP contribution in [0.3, 0.4) is 0 Å². The van der Waals surface area contributed by atoms with Crippen LogP contribution in [0.25, 0.3) is 0 Å². The molecule has 0 aliphatic rings. The number of esters is 1. The second kappa shape index (κ2) is 31.3. The van der Waals surface area contributed by atoms with Crippen LogP contribution in [0.1, 0.15) is 6.92 Å². The molecule has 48 heavy (non-hydrogen) atoms. The van der Waals surface area contributed by atoms with E-state index < -0.39 is 0 Å². The summed E-state index contributed by atoms with van der Waals surface area (Å²) in [5.74, 6) is 18.0. The van der Waals surface area contributed by atoms with Crippen molar-refractivity contribution < 1.29 is 52.4 Å². The van der Waals surface area contributed by atoms with Gasteiger partial charge in [-0.05, 0) is 48.5 Å². The van der Waals surface area contributed by atoms with Crippen LogP contribution in [0.5, 0.6) is 23.0 Å². The number of carbonyl (C=O) groups excluding carboxylic acids is 1. The van der Waals surface area contributed by atoms with E-state index in [1.54, 1.807) is 0 Å². The van der Waals surface area contributed by atoms with Gasteiger partial charge >= 0.3 is 24.8 Å². The number of benzene rings is 4. The quantitative estimate of drug-likeness (QED) is 0.131. The fraction of sp³-hybridized carbons (Fsp3) is 0.175. The van der Waals surface area contributed by atoms with Crippen LogP contribution in [-0.4, -0.2) is 50.7 Å². The predicted octanol–water partition coefficient (Wildman–Crippen LogP) is 3.05. The van der Waals surface area contributed by atoms with Crippen LogP contribution in [0, 0.1) is 48.4 Å². The zero-order chi connectivity index (χ0) is 34.0. The van der Waals surface area contributed by atoms with Crippen LogP contribution >= 0.6 is 0 Å². The molecule has 0 spiro atoms. The molecule has 0 aromatic heterocycles. The van der Waals surface area contributed by atoms with Gasteiger partial charge in [0.15, 0.2) is 6.61 Å². The maximum absolute atomic E-state index is 10.4. The molecule has 8 heteroatoms. The number of hydrogen-bond donors (Lipinski definition) is 1. The Morgan fingerprint density at radius 3 is 1.25 bits per heavy atom. The Morgan fingerprint density at radius 1 is 0.583 bits per heavy atom. The molecule has 1 N–H and O–H groups in total. The SMILES string of the molecule is C#CCOc1ccccc1.CC(=O)OCC#CCOc1ccccc1.OCC#CCOc1ccccc1.[C-]#CCOc1ccccc1.[Li+]. The number of aliphatic hydroxyl groups is 1. The molecule has 4 rings (SSSR count). The van der Waals surface area contributed by atoms with Crippen molar-refractivity contribution in [3.8, 4) is 64.9 Å². The number of para-hydroxylation sites is 4. The summed E-state index contributed by atoms with van der Waals surface area (Å²) in [5.41, 5.74) is 0. The normalized spacial score (nSPS) is 8.25. The minimum absolute atomic E-state index is 0. The number of ether oxygens (including phenoxy) is 5. The average Bonchev–Trinajstić information content (AvgIpc) is 3.12. The first-order chi connectivity index (χ1) is 23.1. The summed E-state index contributed by atoms with van der Waals surface area (Å²) < 4.78 is 25.3. The van der Waals surface area contributed by atoms with Gasteiger partial charge < -0.3 is 41.1 Å². The van der Waals surface area contributed by atoms with E-state index in [0.29, 0.717) is 19.8 Å². The van der Waals surface area contributed by atoms with Gasteiger partial charge in [0.25, 0.3) is 0 Å². The van der Waals surface area contributed by atoms with E-state index in [2.05, 4.69) is 40.3 Å². The molecule has 240 valence electrons. The topological polar surface area (TPSA) is 83.5 Å². The Balaban J connectivity index is 0.000000618. The van der Waals surface area contributed by atoms with E-state index in [0.717, 1.165) is 23.0 Å². The van der Waals surface area contributed by atoms with Gasteiger partial charge in [-0.15, -0.1) is 6.42 Å². The molecule has 0 aliphatic carbocycles. The maximum atomic E-state index is 10.4. The molecule has 0 fully saturated rings. The van der Waals surface area contributed by atoms with Crippen molar-refractivity contribution in [1.29, 1.82) is 0 Å². The van der Waals surface area contributed by atoms with Crippen LogP contribution in [0.4, 0.5) is 0 Å². The van der Waals surface area contributed by atoms with Gasteiger partial charge in [0.2, 0.25) is 0 Å². The second-order valence-corrected chi connectivity index (χ2v) is 8.43. The van der Waals surface area contributed by atoms with Gasteiger partial charge in [-0.2, -0.15) is 0 Å². The number of terminal acetylenes is 1. The Bertz CT molecular complexity index is 1510. The van der Waals surface area contributed by atoms with Gasteiger partial charge in [-0.25, -0.2) is 0 Å². The first kappa shape index (κ1) is 42.3. The third-order valence-corrected chi connectivity index (χ3v) is 4.90. The summed E-state index contributed by atoms with van der Waals surface area (Å²) in [6.45, 7) is 2.54.